The Balaban J connectivity index is 2.18. The van der Waals surface area contributed by atoms with Crippen LogP contribution in [0.5, 0.6) is 0 Å². The van der Waals surface area contributed by atoms with Gasteiger partial charge >= 0.3 is 0 Å². The Kier molecular flexibility index (Phi) is 5.65. The number of nitrogens with one attached hydrogen (secondary N) is 1. The van der Waals surface area contributed by atoms with Crippen LogP contribution in [0.3, 0.4) is 0 Å². The number of nitrogens with zero attached hydrogens (tertiary/aromatic N) is 1. The van der Waals surface area contributed by atoms with Crippen molar-refractivity contribution in [2.75, 3.05) is 40.4 Å². The van der Waals surface area contributed by atoms with Crippen LogP contribution in [0.1, 0.15) is 19.3 Å². The first-order valence-electron chi connectivity index (χ1n) is 5.69. The van der Waals surface area contributed by atoms with Crippen LogP contribution >= 0.6 is 0 Å². The lowest BCUT2D eigenvalue weighted by atomic mass is 10.1. The topological polar surface area (TPSA) is 41.6 Å². The highest BCUT2D eigenvalue weighted by molar-refractivity contribution is 5.76. The average molecular weight is 214 g/mol. The quantitative estimate of drug-likeness (QED) is 0.654. The second-order valence-electron chi connectivity index (χ2n) is 4.15. The Morgan fingerprint density at radius 1 is 1.60 bits per heavy atom. The van der Waals surface area contributed by atoms with Crippen LogP contribution in [0, 0.1) is 5.92 Å². The van der Waals surface area contributed by atoms with Crippen molar-refractivity contribution >= 4 is 5.91 Å². The highest BCUT2D eigenvalue weighted by atomic mass is 16.5. The van der Waals surface area contributed by atoms with E-state index in [-0.39, 0.29) is 5.91 Å². The first-order chi connectivity index (χ1) is 7.27. The van der Waals surface area contributed by atoms with E-state index in [1.807, 2.05) is 11.9 Å². The number of methoxy groups -OCH3 is 1. The van der Waals surface area contributed by atoms with E-state index >= 15 is 0 Å². The molecule has 1 saturated heterocycles. The van der Waals surface area contributed by atoms with E-state index in [1.165, 1.54) is 0 Å². The maximum absolute atomic E-state index is 11.7. The van der Waals surface area contributed by atoms with Gasteiger partial charge in [-0.3, -0.25) is 4.79 Å². The van der Waals surface area contributed by atoms with Crippen LogP contribution < -0.4 is 5.32 Å². The standard InChI is InChI=1S/C11H22N2O2/c1-12-8-10-5-6-13(9-10)11(14)4-3-7-15-2/h10,12H,3-9H2,1-2H3. The Labute approximate surface area is 92.0 Å². The normalized spacial score (nSPS) is 20.9. The van der Waals surface area contributed by atoms with Gasteiger partial charge in [0.2, 0.25) is 5.91 Å². The van der Waals surface area contributed by atoms with E-state index in [9.17, 15) is 4.79 Å². The Morgan fingerprint density at radius 2 is 2.40 bits per heavy atom. The predicted molar refractivity (Wildman–Crippen MR) is 59.7 cm³/mol. The van der Waals surface area contributed by atoms with Gasteiger partial charge in [0.05, 0.1) is 0 Å². The number of carbonyl (C=O) groups excluding carboxylic acids is 1. The average Bonchev–Trinajstić information content (AvgIpc) is 2.67. The van der Waals surface area contributed by atoms with E-state index in [4.69, 9.17) is 4.74 Å². The van der Waals surface area contributed by atoms with Gasteiger partial charge in [0.15, 0.2) is 0 Å². The number of likely N-dealkylation sites (tertiary alicyclic amines) is 1. The lowest BCUT2D eigenvalue weighted by Crippen LogP contribution is -2.30. The fourth-order valence-corrected chi connectivity index (χ4v) is 2.04. The van der Waals surface area contributed by atoms with Crippen molar-refractivity contribution < 1.29 is 9.53 Å². The molecule has 0 radical (unpaired) electrons. The fraction of sp³-hybridized carbons (Fsp3) is 0.909. The molecule has 4 heteroatoms. The van der Waals surface area contributed by atoms with Crippen molar-refractivity contribution in [2.45, 2.75) is 19.3 Å². The molecule has 15 heavy (non-hydrogen) atoms. The van der Waals surface area contributed by atoms with Gasteiger partial charge in [0.25, 0.3) is 0 Å². The molecule has 0 bridgehead atoms. The molecule has 0 spiro atoms. The van der Waals surface area contributed by atoms with Crippen LogP contribution in [0.25, 0.3) is 0 Å². The second kappa shape index (κ2) is 6.80. The Bertz CT molecular complexity index is 197. The molecule has 0 aromatic carbocycles. The monoisotopic (exact) mass is 214 g/mol. The molecule has 1 atom stereocenters. The SMILES string of the molecule is CNCC1CCN(C(=O)CCCOC)C1. The fourth-order valence-electron chi connectivity index (χ4n) is 2.04. The molecule has 0 aromatic heterocycles. The molecule has 0 aliphatic carbocycles. The van der Waals surface area contributed by atoms with Crippen LogP contribution in [0.2, 0.25) is 0 Å². The second-order valence-corrected chi connectivity index (χ2v) is 4.15. The highest BCUT2D eigenvalue weighted by Gasteiger charge is 2.24. The third kappa shape index (κ3) is 4.18. The maximum Gasteiger partial charge on any atom is 0.222 e. The van der Waals surface area contributed by atoms with E-state index in [2.05, 4.69) is 5.32 Å². The molecular formula is C11H22N2O2. The molecule has 1 rings (SSSR count). The van der Waals surface area contributed by atoms with Crippen molar-refractivity contribution in [1.29, 1.82) is 0 Å². The zero-order valence-electron chi connectivity index (χ0n) is 9.79. The molecular weight excluding hydrogens is 192 g/mol. The van der Waals surface area contributed by atoms with Crippen molar-refractivity contribution in [3.05, 3.63) is 0 Å². The summed E-state index contributed by atoms with van der Waals surface area (Å²) in [6.07, 6.45) is 2.60. The molecule has 0 aromatic rings. The number of hydrogen-bond donors (Lipinski definition) is 1. The zero-order chi connectivity index (χ0) is 11.1. The molecule has 1 unspecified atom stereocenters. The van der Waals surface area contributed by atoms with Gasteiger partial charge < -0.3 is 15.0 Å². The molecule has 1 fully saturated rings. The summed E-state index contributed by atoms with van der Waals surface area (Å²) in [7, 11) is 3.63. The van der Waals surface area contributed by atoms with Crippen molar-refractivity contribution in [3.63, 3.8) is 0 Å². The van der Waals surface area contributed by atoms with Crippen LogP contribution in [0.4, 0.5) is 0 Å². The first-order valence-corrected chi connectivity index (χ1v) is 5.69. The number of hydrogen-bond acceptors (Lipinski definition) is 3. The molecule has 1 amide bonds. The van der Waals surface area contributed by atoms with E-state index in [0.717, 1.165) is 32.5 Å². The number of carbonyl (C=O) groups is 1. The largest absolute Gasteiger partial charge is 0.385 e. The molecule has 1 N–H and O–H groups in total. The van der Waals surface area contributed by atoms with Crippen molar-refractivity contribution in [2.24, 2.45) is 5.92 Å². The maximum atomic E-state index is 11.7. The van der Waals surface area contributed by atoms with E-state index in [0.29, 0.717) is 18.9 Å². The Morgan fingerprint density at radius 3 is 3.07 bits per heavy atom. The molecule has 0 saturated carbocycles. The first kappa shape index (κ1) is 12.5. The number of ether oxygens (including phenoxy) is 1. The van der Waals surface area contributed by atoms with Crippen LogP contribution in [-0.2, 0) is 9.53 Å². The summed E-state index contributed by atoms with van der Waals surface area (Å²) in [5.74, 6) is 0.923. The summed E-state index contributed by atoms with van der Waals surface area (Å²) in [5, 5.41) is 3.16. The summed E-state index contributed by atoms with van der Waals surface area (Å²) in [6, 6.07) is 0. The number of rotatable bonds is 6. The van der Waals surface area contributed by atoms with Gasteiger partial charge in [-0.1, -0.05) is 0 Å². The molecule has 1 aliphatic rings. The highest BCUT2D eigenvalue weighted by Crippen LogP contribution is 2.16. The minimum atomic E-state index is 0.283. The van der Waals surface area contributed by atoms with Crippen LogP contribution in [0.15, 0.2) is 0 Å². The minimum absolute atomic E-state index is 0.283. The molecule has 1 aliphatic heterocycles. The summed E-state index contributed by atoms with van der Waals surface area (Å²) in [6.45, 7) is 3.55. The third-order valence-electron chi connectivity index (χ3n) is 2.87. The minimum Gasteiger partial charge on any atom is -0.385 e. The van der Waals surface area contributed by atoms with Crippen LogP contribution in [-0.4, -0.2) is 51.2 Å². The van der Waals surface area contributed by atoms with Gasteiger partial charge in [-0.2, -0.15) is 0 Å². The summed E-state index contributed by atoms with van der Waals surface area (Å²) >= 11 is 0. The summed E-state index contributed by atoms with van der Waals surface area (Å²) in [5.41, 5.74) is 0. The molecule has 4 nitrogen and oxygen atoms in total. The Hall–Kier alpha value is -0.610. The van der Waals surface area contributed by atoms with Gasteiger partial charge in [-0.25, -0.2) is 0 Å². The molecule has 1 heterocycles. The number of amides is 1. The van der Waals surface area contributed by atoms with Gasteiger partial charge in [-0.05, 0) is 32.4 Å². The van der Waals surface area contributed by atoms with Crippen molar-refractivity contribution in [1.82, 2.24) is 10.2 Å². The van der Waals surface area contributed by atoms with Gasteiger partial charge in [0.1, 0.15) is 0 Å². The predicted octanol–water partition coefficient (Wildman–Crippen LogP) is 0.481. The summed E-state index contributed by atoms with van der Waals surface area (Å²) in [4.78, 5) is 13.7. The van der Waals surface area contributed by atoms with Gasteiger partial charge in [-0.15, -0.1) is 0 Å². The zero-order valence-corrected chi connectivity index (χ0v) is 9.79. The lowest BCUT2D eigenvalue weighted by molar-refractivity contribution is -0.130. The van der Waals surface area contributed by atoms with Gasteiger partial charge in [0, 0.05) is 33.2 Å². The smallest absolute Gasteiger partial charge is 0.222 e. The van der Waals surface area contributed by atoms with E-state index < -0.39 is 0 Å². The van der Waals surface area contributed by atoms with E-state index in [1.54, 1.807) is 7.11 Å². The van der Waals surface area contributed by atoms with Crippen molar-refractivity contribution in [3.8, 4) is 0 Å². The molecule has 88 valence electrons. The third-order valence-corrected chi connectivity index (χ3v) is 2.87. The lowest BCUT2D eigenvalue weighted by Gasteiger charge is -2.16. The summed E-state index contributed by atoms with van der Waals surface area (Å²) < 4.78 is 4.93.